The second-order valence-corrected chi connectivity index (χ2v) is 7.95. The molecule has 2 amide bonds. The van der Waals surface area contributed by atoms with Crippen LogP contribution in [0.3, 0.4) is 0 Å². The monoisotopic (exact) mass is 407 g/mol. The van der Waals surface area contributed by atoms with Crippen molar-refractivity contribution in [3.05, 3.63) is 59.2 Å². The van der Waals surface area contributed by atoms with Crippen molar-refractivity contribution in [3.8, 4) is 0 Å². The van der Waals surface area contributed by atoms with E-state index >= 15 is 0 Å². The summed E-state index contributed by atoms with van der Waals surface area (Å²) < 4.78 is 0. The van der Waals surface area contributed by atoms with Gasteiger partial charge in [-0.25, -0.2) is 0 Å². The third-order valence-electron chi connectivity index (χ3n) is 5.82. The first-order chi connectivity index (χ1) is 14.3. The Morgan fingerprint density at radius 3 is 2.37 bits per heavy atom. The van der Waals surface area contributed by atoms with E-state index in [-0.39, 0.29) is 36.4 Å². The largest absolute Gasteiger partial charge is 0.370 e. The van der Waals surface area contributed by atoms with E-state index < -0.39 is 0 Å². The fourth-order valence-electron chi connectivity index (χ4n) is 3.76. The van der Waals surface area contributed by atoms with Crippen LogP contribution in [0.5, 0.6) is 0 Å². The Labute approximate surface area is 177 Å². The normalized spacial score (nSPS) is 14.4. The molecule has 6 heteroatoms. The molecule has 1 saturated heterocycles. The third kappa shape index (κ3) is 5.26. The van der Waals surface area contributed by atoms with Crippen LogP contribution < -0.4 is 16.0 Å². The molecule has 1 aliphatic rings. The molecule has 0 radical (unpaired) electrons. The SMILES string of the molecule is Cc1ccc(C(=O)CCC(=O)Nc2ccccc2N2CCC(C(N)=O)CC2)cc1C. The molecular formula is C24H29N3O3. The number of carbonyl (C=O) groups is 3. The lowest BCUT2D eigenvalue weighted by Crippen LogP contribution is -2.38. The molecule has 2 aromatic rings. The second kappa shape index (κ2) is 9.57. The van der Waals surface area contributed by atoms with Gasteiger partial charge in [0.1, 0.15) is 0 Å². The summed E-state index contributed by atoms with van der Waals surface area (Å²) in [4.78, 5) is 38.5. The summed E-state index contributed by atoms with van der Waals surface area (Å²) in [6.45, 7) is 5.41. The number of aryl methyl sites for hydroxylation is 2. The molecule has 0 aliphatic carbocycles. The zero-order chi connectivity index (χ0) is 21.7. The third-order valence-corrected chi connectivity index (χ3v) is 5.82. The molecule has 0 aromatic heterocycles. The smallest absolute Gasteiger partial charge is 0.224 e. The minimum Gasteiger partial charge on any atom is -0.370 e. The lowest BCUT2D eigenvalue weighted by atomic mass is 9.96. The quantitative estimate of drug-likeness (QED) is 0.686. The molecule has 3 N–H and O–H groups in total. The summed E-state index contributed by atoms with van der Waals surface area (Å²) in [5, 5.41) is 2.94. The van der Waals surface area contributed by atoms with E-state index in [1.54, 1.807) is 0 Å². The summed E-state index contributed by atoms with van der Waals surface area (Å²) in [7, 11) is 0. The Bertz CT molecular complexity index is 946. The number of amides is 2. The average Bonchev–Trinajstić information content (AvgIpc) is 2.74. The van der Waals surface area contributed by atoms with Crippen molar-refractivity contribution in [2.45, 2.75) is 39.5 Å². The van der Waals surface area contributed by atoms with Crippen molar-refractivity contribution < 1.29 is 14.4 Å². The van der Waals surface area contributed by atoms with Crippen LogP contribution in [0.25, 0.3) is 0 Å². The number of para-hydroxylation sites is 2. The van der Waals surface area contributed by atoms with Crippen LogP contribution in [0, 0.1) is 19.8 Å². The molecule has 0 unspecified atom stereocenters. The number of rotatable bonds is 7. The maximum atomic E-state index is 12.5. The topological polar surface area (TPSA) is 92.5 Å². The van der Waals surface area contributed by atoms with E-state index in [0.717, 1.165) is 22.5 Å². The summed E-state index contributed by atoms with van der Waals surface area (Å²) >= 11 is 0. The van der Waals surface area contributed by atoms with Crippen molar-refractivity contribution in [2.75, 3.05) is 23.3 Å². The molecule has 0 saturated carbocycles. The zero-order valence-electron chi connectivity index (χ0n) is 17.6. The minimum absolute atomic E-state index is 0.0324. The van der Waals surface area contributed by atoms with Gasteiger partial charge in [-0.05, 0) is 56.0 Å². The van der Waals surface area contributed by atoms with Gasteiger partial charge in [-0.15, -0.1) is 0 Å². The summed E-state index contributed by atoms with van der Waals surface area (Å²) in [5.41, 5.74) is 9.92. The summed E-state index contributed by atoms with van der Waals surface area (Å²) in [5.74, 6) is -0.550. The molecule has 0 bridgehead atoms. The van der Waals surface area contributed by atoms with Crippen LogP contribution in [-0.4, -0.2) is 30.7 Å². The van der Waals surface area contributed by atoms with E-state index in [0.29, 0.717) is 31.5 Å². The Balaban J connectivity index is 1.58. The fraction of sp³-hybridized carbons (Fsp3) is 0.375. The van der Waals surface area contributed by atoms with Crippen LogP contribution in [0.2, 0.25) is 0 Å². The van der Waals surface area contributed by atoms with Crippen LogP contribution in [0.4, 0.5) is 11.4 Å². The number of carbonyl (C=O) groups excluding carboxylic acids is 3. The van der Waals surface area contributed by atoms with Gasteiger partial charge in [-0.1, -0.05) is 24.3 Å². The highest BCUT2D eigenvalue weighted by molar-refractivity contribution is 6.01. The number of piperidine rings is 1. The summed E-state index contributed by atoms with van der Waals surface area (Å²) in [6, 6.07) is 13.2. The van der Waals surface area contributed by atoms with Gasteiger partial charge < -0.3 is 16.0 Å². The van der Waals surface area contributed by atoms with Crippen molar-refractivity contribution in [1.29, 1.82) is 0 Å². The van der Waals surface area contributed by atoms with Gasteiger partial charge in [0, 0.05) is 37.4 Å². The number of primary amides is 1. The number of nitrogens with zero attached hydrogens (tertiary/aromatic N) is 1. The molecule has 1 heterocycles. The predicted octanol–water partition coefficient (Wildman–Crippen LogP) is 3.61. The maximum absolute atomic E-state index is 12.5. The van der Waals surface area contributed by atoms with Crippen molar-refractivity contribution in [3.63, 3.8) is 0 Å². The molecule has 0 spiro atoms. The van der Waals surface area contributed by atoms with Crippen molar-refractivity contribution >= 4 is 29.0 Å². The van der Waals surface area contributed by atoms with E-state index in [4.69, 9.17) is 5.73 Å². The number of hydrogen-bond donors (Lipinski definition) is 2. The highest BCUT2D eigenvalue weighted by Gasteiger charge is 2.24. The highest BCUT2D eigenvalue weighted by Crippen LogP contribution is 2.30. The number of hydrogen-bond acceptors (Lipinski definition) is 4. The molecule has 1 aliphatic heterocycles. The first-order valence-electron chi connectivity index (χ1n) is 10.4. The first-order valence-corrected chi connectivity index (χ1v) is 10.4. The standard InChI is InChI=1S/C24H29N3O3/c1-16-7-8-19(15-17(16)2)22(28)9-10-23(29)26-20-5-3-4-6-21(20)27-13-11-18(12-14-27)24(25)30/h3-8,15,18H,9-14H2,1-2H3,(H2,25,30)(H,26,29). The molecule has 2 aromatic carbocycles. The maximum Gasteiger partial charge on any atom is 0.224 e. The molecule has 0 atom stereocenters. The van der Waals surface area contributed by atoms with Gasteiger partial charge in [0.15, 0.2) is 5.78 Å². The van der Waals surface area contributed by atoms with Crippen molar-refractivity contribution in [2.24, 2.45) is 11.7 Å². The lowest BCUT2D eigenvalue weighted by molar-refractivity contribution is -0.122. The summed E-state index contributed by atoms with van der Waals surface area (Å²) in [6.07, 6.45) is 1.72. The fourth-order valence-corrected chi connectivity index (χ4v) is 3.76. The molecule has 30 heavy (non-hydrogen) atoms. The van der Waals surface area contributed by atoms with Gasteiger partial charge in [0.05, 0.1) is 11.4 Å². The Morgan fingerprint density at radius 1 is 1.00 bits per heavy atom. The van der Waals surface area contributed by atoms with Gasteiger partial charge >= 0.3 is 0 Å². The first kappa shape index (κ1) is 21.6. The van der Waals surface area contributed by atoms with E-state index in [2.05, 4.69) is 10.2 Å². The number of Topliss-reactive ketones (excluding diaryl/α,β-unsaturated/α-hetero) is 1. The van der Waals surface area contributed by atoms with Crippen LogP contribution in [-0.2, 0) is 9.59 Å². The van der Waals surface area contributed by atoms with Gasteiger partial charge in [0.25, 0.3) is 0 Å². The second-order valence-electron chi connectivity index (χ2n) is 7.95. The van der Waals surface area contributed by atoms with Crippen LogP contribution in [0.1, 0.15) is 47.2 Å². The van der Waals surface area contributed by atoms with Crippen LogP contribution >= 0.6 is 0 Å². The predicted molar refractivity (Wildman–Crippen MR) is 119 cm³/mol. The van der Waals surface area contributed by atoms with Crippen LogP contribution in [0.15, 0.2) is 42.5 Å². The number of nitrogens with two attached hydrogens (primary N) is 1. The number of anilines is 2. The Morgan fingerprint density at radius 2 is 1.70 bits per heavy atom. The number of nitrogens with one attached hydrogen (secondary N) is 1. The van der Waals surface area contributed by atoms with E-state index in [1.807, 2.05) is 56.3 Å². The number of benzene rings is 2. The molecular weight excluding hydrogens is 378 g/mol. The lowest BCUT2D eigenvalue weighted by Gasteiger charge is -2.33. The molecule has 3 rings (SSSR count). The average molecular weight is 408 g/mol. The van der Waals surface area contributed by atoms with Gasteiger partial charge in [-0.2, -0.15) is 0 Å². The number of ketones is 1. The van der Waals surface area contributed by atoms with E-state index in [1.165, 1.54) is 0 Å². The van der Waals surface area contributed by atoms with E-state index in [9.17, 15) is 14.4 Å². The zero-order valence-corrected chi connectivity index (χ0v) is 17.6. The minimum atomic E-state index is -0.246. The highest BCUT2D eigenvalue weighted by atomic mass is 16.2. The molecule has 6 nitrogen and oxygen atoms in total. The Kier molecular flexibility index (Phi) is 6.87. The molecule has 1 fully saturated rings. The van der Waals surface area contributed by atoms with Gasteiger partial charge in [-0.3, -0.25) is 14.4 Å². The molecule has 158 valence electrons. The van der Waals surface area contributed by atoms with Gasteiger partial charge in [0.2, 0.25) is 11.8 Å². The van der Waals surface area contributed by atoms with Crippen molar-refractivity contribution in [1.82, 2.24) is 0 Å². The Hall–Kier alpha value is -3.15.